The maximum Gasteiger partial charge on any atom is 0.436 e. The molecular formula is C23H27N9O7S. The molecule has 2 aromatic heterocycles. The Morgan fingerprint density at radius 1 is 1.05 bits per heavy atom. The molecule has 0 bridgehead atoms. The summed E-state index contributed by atoms with van der Waals surface area (Å²) in [6.07, 6.45) is 4.42. The summed E-state index contributed by atoms with van der Waals surface area (Å²) in [4.78, 5) is 73.1. The highest BCUT2D eigenvalue weighted by Gasteiger charge is 2.62. The molecule has 0 radical (unpaired) electrons. The molecule has 3 amide bonds. The van der Waals surface area contributed by atoms with Crippen LogP contribution in [0.1, 0.15) is 5.82 Å². The number of morpholine rings is 1. The van der Waals surface area contributed by atoms with E-state index in [1.54, 1.807) is 21.7 Å². The van der Waals surface area contributed by atoms with Crippen LogP contribution < -0.4 is 10.1 Å². The number of carboxylic acid groups (broad SMARTS) is 1. The smallest absolute Gasteiger partial charge is 0.436 e. The number of nitrogens with zero attached hydrogens (tertiary/aromatic N) is 8. The lowest BCUT2D eigenvalue weighted by molar-refractivity contribution is -0.208. The molecule has 3 aliphatic heterocycles. The minimum atomic E-state index is -2.29. The standard InChI is InChI=1S/C23H27N9O7S/c33-16(34)15-31-19(36)17(29-7-11-38-12-8-29)18(35)28-23(31,20-24-3-1-4-25-20)32(30-9-13-40-14-10-30)22(37)39-21-26-5-2-6-27-21/h1-6,17H,7-15H2,(H,28,35)(H,33,34). The lowest BCUT2D eigenvalue weighted by Crippen LogP contribution is -2.81. The number of aliphatic carboxylic acids is 1. The predicted molar refractivity (Wildman–Crippen MR) is 136 cm³/mol. The first-order valence-electron chi connectivity index (χ1n) is 12.5. The van der Waals surface area contributed by atoms with Crippen LogP contribution in [0.15, 0.2) is 36.9 Å². The predicted octanol–water partition coefficient (Wildman–Crippen LogP) is -1.41. The normalized spacial score (nSPS) is 24.3. The summed E-state index contributed by atoms with van der Waals surface area (Å²) in [6, 6.07) is 1.42. The van der Waals surface area contributed by atoms with Gasteiger partial charge in [0.2, 0.25) is 0 Å². The molecule has 2 unspecified atom stereocenters. The van der Waals surface area contributed by atoms with E-state index >= 15 is 0 Å². The van der Waals surface area contributed by atoms with Crippen molar-refractivity contribution in [2.24, 2.45) is 0 Å². The fourth-order valence-electron chi connectivity index (χ4n) is 4.80. The lowest BCUT2D eigenvalue weighted by Gasteiger charge is -2.55. The van der Waals surface area contributed by atoms with Crippen LogP contribution in [-0.2, 0) is 24.9 Å². The van der Waals surface area contributed by atoms with Gasteiger partial charge in [-0.25, -0.2) is 29.7 Å². The van der Waals surface area contributed by atoms with Gasteiger partial charge < -0.3 is 19.9 Å². The van der Waals surface area contributed by atoms with Gasteiger partial charge in [0.15, 0.2) is 11.9 Å². The van der Waals surface area contributed by atoms with Crippen LogP contribution in [0, 0.1) is 0 Å². The summed E-state index contributed by atoms with van der Waals surface area (Å²) >= 11 is 1.65. The van der Waals surface area contributed by atoms with Gasteiger partial charge in [0.1, 0.15) is 6.54 Å². The summed E-state index contributed by atoms with van der Waals surface area (Å²) in [5.41, 5.74) is 0. The van der Waals surface area contributed by atoms with E-state index in [0.717, 1.165) is 9.91 Å². The van der Waals surface area contributed by atoms with Crippen molar-refractivity contribution in [2.45, 2.75) is 11.8 Å². The SMILES string of the molecule is O=C(O)CN1C(=O)C(N2CCOCC2)C(=O)NC1(c1ncccn1)N(C(=O)Oc1ncccn1)N1CCSCC1. The minimum Gasteiger partial charge on any atom is -0.480 e. The quantitative estimate of drug-likeness (QED) is 0.368. The summed E-state index contributed by atoms with van der Waals surface area (Å²) in [6.45, 7) is 0.879. The van der Waals surface area contributed by atoms with E-state index in [2.05, 4.69) is 25.3 Å². The van der Waals surface area contributed by atoms with Gasteiger partial charge in [0, 0.05) is 62.5 Å². The summed E-state index contributed by atoms with van der Waals surface area (Å²) in [5, 5.41) is 15.3. The monoisotopic (exact) mass is 573 g/mol. The zero-order chi connectivity index (χ0) is 28.1. The molecule has 40 heavy (non-hydrogen) atoms. The van der Waals surface area contributed by atoms with Crippen molar-refractivity contribution >= 4 is 35.6 Å². The van der Waals surface area contributed by atoms with Gasteiger partial charge in [0.25, 0.3) is 17.6 Å². The Hall–Kier alpha value is -3.93. The molecule has 16 nitrogen and oxygen atoms in total. The molecule has 3 aliphatic rings. The van der Waals surface area contributed by atoms with Gasteiger partial charge in [-0.2, -0.15) is 16.8 Å². The fourth-order valence-corrected chi connectivity index (χ4v) is 5.68. The lowest BCUT2D eigenvalue weighted by atomic mass is 10.0. The maximum absolute atomic E-state index is 14.2. The van der Waals surface area contributed by atoms with Crippen LogP contribution in [0.2, 0.25) is 0 Å². The van der Waals surface area contributed by atoms with Crippen LogP contribution in [0.4, 0.5) is 4.79 Å². The molecule has 3 fully saturated rings. The van der Waals surface area contributed by atoms with E-state index < -0.39 is 42.3 Å². The van der Waals surface area contributed by atoms with Crippen LogP contribution in [0.3, 0.4) is 0 Å². The number of hydrogen-bond acceptors (Lipinski definition) is 13. The van der Waals surface area contributed by atoms with Gasteiger partial charge in [-0.1, -0.05) is 0 Å². The van der Waals surface area contributed by atoms with Gasteiger partial charge in [-0.15, -0.1) is 0 Å². The van der Waals surface area contributed by atoms with Crippen LogP contribution >= 0.6 is 11.8 Å². The summed E-state index contributed by atoms with van der Waals surface area (Å²) in [5.74, 6) is -4.24. The van der Waals surface area contributed by atoms with Crippen LogP contribution in [0.5, 0.6) is 6.01 Å². The topological polar surface area (TPSA) is 184 Å². The zero-order valence-electron chi connectivity index (χ0n) is 21.3. The Labute approximate surface area is 232 Å². The second-order valence-electron chi connectivity index (χ2n) is 8.88. The third-order valence-electron chi connectivity index (χ3n) is 6.49. The molecule has 0 spiro atoms. The molecule has 3 saturated heterocycles. The first-order chi connectivity index (χ1) is 19.4. The molecule has 2 atom stereocenters. The van der Waals surface area contributed by atoms with Crippen LogP contribution in [-0.4, -0.2) is 132 Å². The Morgan fingerprint density at radius 2 is 1.68 bits per heavy atom. The molecule has 0 aliphatic carbocycles. The number of thioether (sulfide) groups is 1. The number of carbonyl (C=O) groups is 4. The zero-order valence-corrected chi connectivity index (χ0v) is 22.1. The molecule has 0 saturated carbocycles. The van der Waals surface area contributed by atoms with Gasteiger partial charge in [-0.3, -0.25) is 24.2 Å². The highest BCUT2D eigenvalue weighted by atomic mass is 32.2. The minimum absolute atomic E-state index is 0.206. The highest BCUT2D eigenvalue weighted by Crippen LogP contribution is 2.35. The van der Waals surface area contributed by atoms with Crippen molar-refractivity contribution in [1.82, 2.24) is 45.1 Å². The van der Waals surface area contributed by atoms with Gasteiger partial charge in [-0.05, 0) is 12.1 Å². The van der Waals surface area contributed by atoms with Gasteiger partial charge >= 0.3 is 18.1 Å². The number of carbonyl (C=O) groups excluding carboxylic acids is 3. The molecule has 2 aromatic rings. The number of carboxylic acids is 1. The number of nitrogens with one attached hydrogen (secondary N) is 1. The van der Waals surface area contributed by atoms with E-state index in [1.807, 2.05) is 0 Å². The molecule has 0 aromatic carbocycles. The number of aromatic nitrogens is 4. The second-order valence-corrected chi connectivity index (χ2v) is 10.1. The highest BCUT2D eigenvalue weighted by molar-refractivity contribution is 7.99. The molecular weight excluding hydrogens is 546 g/mol. The van der Waals surface area contributed by atoms with Crippen molar-refractivity contribution in [3.8, 4) is 6.01 Å². The number of hydrogen-bond donors (Lipinski definition) is 2. The number of rotatable bonds is 7. The number of amides is 3. The Kier molecular flexibility index (Phi) is 8.34. The molecule has 5 rings (SSSR count). The first kappa shape index (κ1) is 27.6. The summed E-state index contributed by atoms with van der Waals surface area (Å²) < 4.78 is 10.9. The van der Waals surface area contributed by atoms with E-state index in [4.69, 9.17) is 9.47 Å². The average molecular weight is 574 g/mol. The molecule has 17 heteroatoms. The fraction of sp³-hybridized carbons (Fsp3) is 0.478. The summed E-state index contributed by atoms with van der Waals surface area (Å²) in [7, 11) is 0. The van der Waals surface area contributed by atoms with Crippen molar-refractivity contribution in [3.63, 3.8) is 0 Å². The van der Waals surface area contributed by atoms with Crippen molar-refractivity contribution in [3.05, 3.63) is 42.7 Å². The van der Waals surface area contributed by atoms with Crippen molar-refractivity contribution in [1.29, 1.82) is 0 Å². The maximum atomic E-state index is 14.2. The Balaban J connectivity index is 1.67. The number of hydrazine groups is 1. The molecule has 2 N–H and O–H groups in total. The molecule has 5 heterocycles. The van der Waals surface area contributed by atoms with E-state index in [0.29, 0.717) is 37.8 Å². The first-order valence-corrected chi connectivity index (χ1v) is 13.6. The third-order valence-corrected chi connectivity index (χ3v) is 7.43. The Bertz CT molecular complexity index is 1230. The van der Waals surface area contributed by atoms with Crippen LogP contribution in [0.25, 0.3) is 0 Å². The van der Waals surface area contributed by atoms with Gasteiger partial charge in [0.05, 0.1) is 13.2 Å². The van der Waals surface area contributed by atoms with E-state index in [1.165, 1.54) is 36.9 Å². The van der Waals surface area contributed by atoms with E-state index in [9.17, 15) is 24.3 Å². The Morgan fingerprint density at radius 3 is 2.30 bits per heavy atom. The van der Waals surface area contributed by atoms with Crippen molar-refractivity contribution in [2.75, 3.05) is 57.4 Å². The average Bonchev–Trinajstić information content (AvgIpc) is 2.97. The number of ether oxygens (including phenoxy) is 2. The second kappa shape index (κ2) is 12.1. The largest absolute Gasteiger partial charge is 0.480 e. The molecule has 212 valence electrons. The van der Waals surface area contributed by atoms with E-state index in [-0.39, 0.29) is 24.9 Å². The third kappa shape index (κ3) is 5.40. The van der Waals surface area contributed by atoms with Crippen molar-refractivity contribution < 1.29 is 33.8 Å².